The summed E-state index contributed by atoms with van der Waals surface area (Å²) < 4.78 is 19.9. The number of benzene rings is 2. The maximum absolute atomic E-state index is 13.4. The molecule has 3 aromatic rings. The van der Waals surface area contributed by atoms with Gasteiger partial charge in [0.05, 0.1) is 17.4 Å². The molecule has 1 unspecified atom stereocenters. The Morgan fingerprint density at radius 2 is 1.90 bits per heavy atom. The van der Waals surface area contributed by atoms with Crippen molar-refractivity contribution in [3.8, 4) is 5.69 Å². The van der Waals surface area contributed by atoms with Crippen molar-refractivity contribution in [1.29, 1.82) is 0 Å². The monoisotopic (exact) mass is 441 g/mol. The zero-order valence-electron chi connectivity index (χ0n) is 19.0. The Morgan fingerprint density at radius 3 is 2.58 bits per heavy atom. The van der Waals surface area contributed by atoms with E-state index in [-0.39, 0.29) is 5.82 Å². The molecule has 166 valence electrons. The molecule has 2 aromatic carbocycles. The highest BCUT2D eigenvalue weighted by Gasteiger charge is 2.30. The molecule has 1 fully saturated rings. The van der Waals surface area contributed by atoms with E-state index in [0.29, 0.717) is 12.0 Å². The number of hydrogen-bond donors (Lipinski definition) is 0. The molecular formula is C24H32FN5S. The fourth-order valence-electron chi connectivity index (χ4n) is 4.43. The average Bonchev–Trinajstić information content (AvgIpc) is 3.11. The van der Waals surface area contributed by atoms with E-state index in [2.05, 4.69) is 65.6 Å². The minimum absolute atomic E-state index is 0.235. The number of rotatable bonds is 6. The third kappa shape index (κ3) is 4.95. The first-order valence-electron chi connectivity index (χ1n) is 10.9. The topological polar surface area (TPSA) is 27.5 Å². The maximum atomic E-state index is 13.4. The van der Waals surface area contributed by atoms with E-state index in [0.717, 1.165) is 42.8 Å². The van der Waals surface area contributed by atoms with Gasteiger partial charge in [0.25, 0.3) is 0 Å². The fourth-order valence-corrected chi connectivity index (χ4v) is 5.26. The van der Waals surface area contributed by atoms with Crippen molar-refractivity contribution in [2.45, 2.75) is 26.8 Å². The van der Waals surface area contributed by atoms with Crippen molar-refractivity contribution in [3.05, 3.63) is 59.5 Å². The minimum Gasteiger partial charge on any atom is -0.293 e. The van der Waals surface area contributed by atoms with Crippen LogP contribution in [0.3, 0.4) is 0 Å². The van der Waals surface area contributed by atoms with Crippen molar-refractivity contribution >= 4 is 23.0 Å². The molecule has 1 aliphatic heterocycles. The first-order chi connectivity index (χ1) is 14.8. The molecule has 1 atom stereocenters. The molecule has 31 heavy (non-hydrogen) atoms. The standard InChI is InChI=1S/C24H32FN5S/c1-17(2)15-28-10-11-29(31-27(4)5)16-24(28)22-13-19-14-26-30(23(19)12-18(22)3)21-8-6-20(25)7-9-21/h6-9,12-14,17,24H,10-11,15-16H2,1-5H3. The molecule has 0 aliphatic carbocycles. The second kappa shape index (κ2) is 9.28. The summed E-state index contributed by atoms with van der Waals surface area (Å²) in [6, 6.07) is 11.4. The molecule has 0 N–H and O–H groups in total. The Bertz CT molecular complexity index is 1030. The number of hydrogen-bond acceptors (Lipinski definition) is 5. The predicted molar refractivity (Wildman–Crippen MR) is 128 cm³/mol. The van der Waals surface area contributed by atoms with Crippen LogP contribution < -0.4 is 0 Å². The summed E-state index contributed by atoms with van der Waals surface area (Å²) in [6.07, 6.45) is 1.92. The summed E-state index contributed by atoms with van der Waals surface area (Å²) in [7, 11) is 4.20. The van der Waals surface area contributed by atoms with Crippen LogP contribution in [0.2, 0.25) is 0 Å². The van der Waals surface area contributed by atoms with Gasteiger partial charge < -0.3 is 0 Å². The van der Waals surface area contributed by atoms with Crippen LogP contribution in [0.15, 0.2) is 42.6 Å². The Kier molecular flexibility index (Phi) is 6.67. The third-order valence-electron chi connectivity index (χ3n) is 5.72. The molecule has 1 saturated heterocycles. The van der Waals surface area contributed by atoms with Crippen LogP contribution in [0, 0.1) is 18.7 Å². The first-order valence-corrected chi connectivity index (χ1v) is 11.6. The number of fused-ring (bicyclic) bond motifs is 1. The van der Waals surface area contributed by atoms with Crippen LogP contribution >= 0.6 is 12.1 Å². The summed E-state index contributed by atoms with van der Waals surface area (Å²) in [4.78, 5) is 2.63. The lowest BCUT2D eigenvalue weighted by atomic mass is 9.96. The van der Waals surface area contributed by atoms with Gasteiger partial charge >= 0.3 is 0 Å². The fraction of sp³-hybridized carbons (Fsp3) is 0.458. The van der Waals surface area contributed by atoms with E-state index in [9.17, 15) is 4.39 Å². The van der Waals surface area contributed by atoms with Crippen LogP contribution in [0.5, 0.6) is 0 Å². The normalized spacial score (nSPS) is 18.5. The number of piperazine rings is 1. The van der Waals surface area contributed by atoms with Crippen LogP contribution in [0.25, 0.3) is 16.6 Å². The molecule has 0 spiro atoms. The molecule has 0 saturated carbocycles. The lowest BCUT2D eigenvalue weighted by molar-refractivity contribution is 0.108. The van der Waals surface area contributed by atoms with Gasteiger partial charge in [-0.3, -0.25) is 4.90 Å². The third-order valence-corrected chi connectivity index (χ3v) is 6.61. The molecule has 0 bridgehead atoms. The van der Waals surface area contributed by atoms with E-state index in [4.69, 9.17) is 0 Å². The van der Waals surface area contributed by atoms with Gasteiger partial charge in [0, 0.05) is 49.7 Å². The number of aryl methyl sites for hydroxylation is 1. The molecule has 7 heteroatoms. The molecule has 0 radical (unpaired) electrons. The van der Waals surface area contributed by atoms with E-state index in [1.807, 2.05) is 10.9 Å². The molecule has 4 rings (SSSR count). The van der Waals surface area contributed by atoms with Crippen LogP contribution in [-0.2, 0) is 0 Å². The minimum atomic E-state index is -0.235. The van der Waals surface area contributed by atoms with Gasteiger partial charge in [-0.2, -0.15) is 5.10 Å². The lowest BCUT2D eigenvalue weighted by Crippen LogP contribution is -2.47. The Labute approximate surface area is 189 Å². The van der Waals surface area contributed by atoms with Crippen molar-refractivity contribution in [2.75, 3.05) is 40.3 Å². The molecule has 0 amide bonds. The number of halogens is 1. The van der Waals surface area contributed by atoms with Gasteiger partial charge in [-0.15, -0.1) is 0 Å². The van der Waals surface area contributed by atoms with Crippen molar-refractivity contribution in [3.63, 3.8) is 0 Å². The van der Waals surface area contributed by atoms with Crippen molar-refractivity contribution < 1.29 is 4.39 Å². The number of nitrogens with zero attached hydrogens (tertiary/aromatic N) is 5. The number of aromatic nitrogens is 2. The highest BCUT2D eigenvalue weighted by molar-refractivity contribution is 7.94. The summed E-state index contributed by atoms with van der Waals surface area (Å²) in [6.45, 7) is 11.0. The summed E-state index contributed by atoms with van der Waals surface area (Å²) in [5.74, 6) is 0.391. The largest absolute Gasteiger partial charge is 0.293 e. The molecule has 1 aliphatic rings. The van der Waals surface area contributed by atoms with Gasteiger partial charge in [0.1, 0.15) is 5.82 Å². The van der Waals surface area contributed by atoms with Gasteiger partial charge in [0.2, 0.25) is 0 Å². The van der Waals surface area contributed by atoms with Crippen molar-refractivity contribution in [2.24, 2.45) is 5.92 Å². The summed E-state index contributed by atoms with van der Waals surface area (Å²) >= 11 is 1.80. The Balaban J connectivity index is 1.70. The van der Waals surface area contributed by atoms with Crippen molar-refractivity contribution in [1.82, 2.24) is 23.3 Å². The highest BCUT2D eigenvalue weighted by Crippen LogP contribution is 2.34. The predicted octanol–water partition coefficient (Wildman–Crippen LogP) is 4.91. The van der Waals surface area contributed by atoms with E-state index in [1.165, 1.54) is 23.3 Å². The molecular weight excluding hydrogens is 409 g/mol. The second-order valence-corrected chi connectivity index (χ2v) is 10.4. The SMILES string of the molecule is Cc1cc2c(cnn2-c2ccc(F)cc2)cc1C1CN(SN(C)C)CCN1CC(C)C. The smallest absolute Gasteiger partial charge is 0.123 e. The van der Waals surface area contributed by atoms with Gasteiger partial charge in [-0.25, -0.2) is 17.7 Å². The summed E-state index contributed by atoms with van der Waals surface area (Å²) in [5, 5.41) is 5.72. The van der Waals surface area contributed by atoms with Gasteiger partial charge in [-0.1, -0.05) is 13.8 Å². The van der Waals surface area contributed by atoms with Crippen LogP contribution in [0.4, 0.5) is 4.39 Å². The molecule has 5 nitrogen and oxygen atoms in total. The Hall–Kier alpha value is -1.93. The quantitative estimate of drug-likeness (QED) is 0.507. The zero-order valence-corrected chi connectivity index (χ0v) is 19.9. The molecule has 2 heterocycles. The lowest BCUT2D eigenvalue weighted by Gasteiger charge is -2.42. The van der Waals surface area contributed by atoms with Gasteiger partial charge in [-0.05, 0) is 74.5 Å². The van der Waals surface area contributed by atoms with Crippen LogP contribution in [0.1, 0.15) is 31.0 Å². The summed E-state index contributed by atoms with van der Waals surface area (Å²) in [5.41, 5.74) is 4.57. The van der Waals surface area contributed by atoms with E-state index < -0.39 is 0 Å². The second-order valence-electron chi connectivity index (χ2n) is 8.99. The highest BCUT2D eigenvalue weighted by atomic mass is 32.2. The van der Waals surface area contributed by atoms with Crippen LogP contribution in [-0.4, -0.2) is 63.6 Å². The van der Waals surface area contributed by atoms with E-state index in [1.54, 1.807) is 24.3 Å². The average molecular weight is 442 g/mol. The first kappa shape index (κ1) is 22.3. The Morgan fingerprint density at radius 1 is 1.16 bits per heavy atom. The maximum Gasteiger partial charge on any atom is 0.123 e. The van der Waals surface area contributed by atoms with Gasteiger partial charge in [0.15, 0.2) is 0 Å². The zero-order chi connectivity index (χ0) is 22.1. The molecule has 1 aromatic heterocycles. The van der Waals surface area contributed by atoms with E-state index >= 15 is 0 Å².